The van der Waals surface area contributed by atoms with E-state index in [2.05, 4.69) is 100 Å². The zero-order valence-electron chi connectivity index (χ0n) is 80.4. The summed E-state index contributed by atoms with van der Waals surface area (Å²) in [5.74, 6) is -8.76. The Morgan fingerprint density at radius 1 is 0.528 bits per heavy atom. The maximum absolute atomic E-state index is 13.1. The highest BCUT2D eigenvalue weighted by Gasteiger charge is 2.27. The number of rotatable bonds is 20. The van der Waals surface area contributed by atoms with E-state index >= 15 is 0 Å². The van der Waals surface area contributed by atoms with Crippen molar-refractivity contribution >= 4 is 104 Å². The number of aromatic amines is 1. The molecule has 2 amide bonds. The van der Waals surface area contributed by atoms with Crippen LogP contribution < -0.4 is 53.6 Å². The van der Waals surface area contributed by atoms with Gasteiger partial charge in [-0.15, -0.1) is 0 Å². The molecule has 13 heterocycles. The van der Waals surface area contributed by atoms with Gasteiger partial charge in [-0.1, -0.05) is 13.8 Å². The molecule has 2 fully saturated rings. The maximum Gasteiger partial charge on any atom is 0.400 e. The molecule has 0 bridgehead atoms. The molecule has 12 aromatic heterocycles. The van der Waals surface area contributed by atoms with Gasteiger partial charge in [-0.05, 0) is 179 Å². The molecule has 0 aromatic carbocycles. The molecule has 0 radical (unpaired) electrons. The van der Waals surface area contributed by atoms with Crippen molar-refractivity contribution in [1.29, 1.82) is 0 Å². The average molecular weight is 2040 g/mol. The summed E-state index contributed by atoms with van der Waals surface area (Å²) in [6.07, 6.45) is 22.1. The third kappa shape index (κ3) is 39.9. The first-order valence-electron chi connectivity index (χ1n) is 42.7. The number of ketones is 3. The summed E-state index contributed by atoms with van der Waals surface area (Å²) in [5.41, 5.74) is 22.1. The van der Waals surface area contributed by atoms with Gasteiger partial charge in [0.25, 0.3) is 5.56 Å². The van der Waals surface area contributed by atoms with Crippen LogP contribution in [0.2, 0.25) is 0 Å². The van der Waals surface area contributed by atoms with Gasteiger partial charge in [-0.3, -0.25) is 43.5 Å². The quantitative estimate of drug-likeness (QED) is 0.0122. The van der Waals surface area contributed by atoms with Crippen LogP contribution in [0, 0.1) is 136 Å². The number of isothiocyanates is 1. The summed E-state index contributed by atoms with van der Waals surface area (Å²) < 4.78 is 156. The number of nitrogens with two attached hydrogens (primary N) is 3. The van der Waals surface area contributed by atoms with Crippen LogP contribution in [0.4, 0.5) is 106 Å². The molecule has 1 aliphatic heterocycles. The minimum absolute atomic E-state index is 0.0103. The highest BCUT2D eigenvalue weighted by Crippen LogP contribution is 2.41. The minimum Gasteiger partial charge on any atom is -0.455 e. The van der Waals surface area contributed by atoms with Crippen molar-refractivity contribution in [3.05, 3.63) is 311 Å². The monoisotopic (exact) mass is 2030 g/mol. The number of nitrogens with zero attached hydrogens (tertiary/aromatic N) is 15. The number of aryl methyl sites for hydroxylation is 1. The Morgan fingerprint density at radius 2 is 0.979 bits per heavy atom. The van der Waals surface area contributed by atoms with Gasteiger partial charge < -0.3 is 87.3 Å². The number of amides is 2. The normalized spacial score (nSPS) is 11.5. The topological polar surface area (TPSA) is 553 Å². The molecule has 38 nitrogen and oxygen atoms in total. The predicted octanol–water partition coefficient (Wildman–Crippen LogP) is 17.9. The number of pyridine rings is 12. The van der Waals surface area contributed by atoms with Gasteiger partial charge in [0.05, 0.1) is 59.2 Å². The van der Waals surface area contributed by atoms with Crippen LogP contribution in [0.5, 0.6) is 23.0 Å². The second-order valence-corrected chi connectivity index (χ2v) is 30.8. The van der Waals surface area contributed by atoms with Crippen LogP contribution in [0.3, 0.4) is 0 Å². The number of nitrogen functional groups attached to an aromatic ring is 3. The van der Waals surface area contributed by atoms with Crippen LogP contribution in [0.1, 0.15) is 154 Å². The van der Waals surface area contributed by atoms with Gasteiger partial charge >= 0.3 is 17.5 Å². The Balaban J connectivity index is 0.000000335. The number of nitro groups is 3. The van der Waals surface area contributed by atoms with Crippen LogP contribution in [-0.4, -0.2) is 128 Å². The van der Waals surface area contributed by atoms with E-state index in [0.29, 0.717) is 112 Å². The number of anilines is 6. The number of Topliss-reactive ketones (excluding diaryl/α,β-unsaturated/α-hetero) is 3. The number of aromatic nitrogens is 12. The number of hydrogen-bond donors (Lipinski definition) is 7. The smallest absolute Gasteiger partial charge is 0.400 e. The van der Waals surface area contributed by atoms with Gasteiger partial charge in [0, 0.05) is 160 Å². The van der Waals surface area contributed by atoms with E-state index in [9.17, 15) is 112 Å². The fourth-order valence-corrected chi connectivity index (χ4v) is 11.8. The number of H-pyrrole nitrogens is 1. The molecule has 766 valence electrons. The number of halogens is 11. The molecule has 12 aromatic rings. The van der Waals surface area contributed by atoms with Crippen molar-refractivity contribution in [3.8, 4) is 23.0 Å². The molecule has 50 heteroatoms. The zero-order valence-corrected chi connectivity index (χ0v) is 81.2. The van der Waals surface area contributed by atoms with Crippen LogP contribution in [-0.2, 0) is 67.9 Å². The van der Waals surface area contributed by atoms with Crippen molar-refractivity contribution in [2.24, 2.45) is 12.0 Å². The zero-order chi connectivity index (χ0) is 108. The van der Waals surface area contributed by atoms with Gasteiger partial charge in [0.15, 0.2) is 87.9 Å². The third-order valence-electron chi connectivity index (χ3n) is 19.2. The molecule has 0 spiro atoms. The Hall–Kier alpha value is -16.7. The van der Waals surface area contributed by atoms with E-state index in [4.69, 9.17) is 31.4 Å². The summed E-state index contributed by atoms with van der Waals surface area (Å²) in [6, 6.07) is 12.9. The molecule has 1 aliphatic carbocycles. The number of carbonyl (C=O) groups excluding carboxylic acids is 5. The molecular weight excluding hydrogens is 1930 g/mol. The van der Waals surface area contributed by atoms with Crippen molar-refractivity contribution in [2.45, 2.75) is 167 Å². The molecule has 1 saturated heterocycles. The number of thiocarbonyl (C=S) groups is 1. The second kappa shape index (κ2) is 59.0. The maximum atomic E-state index is 13.1. The van der Waals surface area contributed by atoms with E-state index in [1.54, 1.807) is 67.6 Å². The molecule has 2 aliphatic rings. The standard InChI is InChI=1S/C16H17N3O4.C16H19N3O2.C10H10N2OS.C8H8F2N2O.C8H9NO2.C7H6F2N2O.C7H8FN3O2.C6H4F2N2O2.C6H6F2N2.C5H4F2N2.C5H10O/c1-4-14-11(3)15(9-18-16(14)19(21)22)23-13-5-6-17-12(8-13)7-10(2)20;1-4-14-11(3)15(9-19-16(14)17)21-13-5-6-18-12(8-13)7-10(2)20;1-12-5-8(7-2-3-7)4-9(10(12)13)11-6-14;1-4-6(9)3-11-8(7(4)10)12-5(2)13;1-6(10)4-7-5-8(11)2-3-9-7;1-4(12)11-7-6(9)2-5(8)3-10-7;1-4-5(8)3-10-7(11(12)13)6(4)9-2;1-3-4(7)2-9-6(5(3)8)10(11)12;1-3-4(7)2-10-6(9)5(3)8;6-3-1-4(7)5(8)9-2-3;1-5-3-2-4-6-5/h5-6,8-9H,4,7H2,1-3H3;5-6,8-9H,4,7H2,1-3H3,(H2,17,19);4-5,7H,2-3H2,1H3;3H,1-2H3,(H,11,12,13);2-3,5H,4H2,1H3,(H,9,11);2-3H,1H3,(H,10,11,12);3,9H,1-2H3;2H,1H3;2H,1H3,(H2,9,10);1-2H,(H2,8,9);5H,2-4H2,1H3. The molecular formula is C94H101F11N22O16S. The Bertz CT molecular complexity index is 6710. The van der Waals surface area contributed by atoms with Crippen LogP contribution in [0.15, 0.2) is 144 Å². The van der Waals surface area contributed by atoms with Crippen molar-refractivity contribution in [1.82, 2.24) is 59.4 Å². The highest BCUT2D eigenvalue weighted by atomic mass is 32.1. The second-order valence-electron chi connectivity index (χ2n) is 30.6. The van der Waals surface area contributed by atoms with E-state index < -0.39 is 102 Å². The van der Waals surface area contributed by atoms with E-state index in [1.165, 1.54) is 112 Å². The Kier molecular flexibility index (Phi) is 49.1. The van der Waals surface area contributed by atoms with Gasteiger partial charge in [-0.25, -0.2) is 68.8 Å². The SMILES string of the molecule is CC(=O)Cc1cc(=O)cc[nH]1.CC(=O)Nc1ncc(F)c(C)c1F.CC(=O)Nc1ncc(F)cc1F.CC1CCCO1.CCc1c(N)ncc(Oc2ccnc(CC(C)=O)c2)c1C.CCc1c([N+](=O)[O-])ncc(Oc2ccnc(CC(C)=O)c2)c1C.CNc1c([N+](=O)[O-])ncc(F)c1C.Cc1c(F)cnc(N)c1F.Cc1c(F)cnc([N+](=O)[O-])c1F.Cn1cc(C2CC2)cc(N=C=S)c1=O.Nc1ncc(F)cc1F. The lowest BCUT2D eigenvalue weighted by Gasteiger charge is -2.13. The number of nitrogens with one attached hydrogen (secondary N) is 4. The van der Waals surface area contributed by atoms with Gasteiger partial charge in [0.2, 0.25) is 17.6 Å². The first kappa shape index (κ1) is 120. The predicted molar refractivity (Wildman–Crippen MR) is 514 cm³/mol. The lowest BCUT2D eigenvalue weighted by Crippen LogP contribution is -2.16. The fourth-order valence-electron chi connectivity index (χ4n) is 11.7. The fraction of sp³-hybridized carbons (Fsp3) is 0.298. The van der Waals surface area contributed by atoms with Gasteiger partial charge in [0.1, 0.15) is 75.1 Å². The van der Waals surface area contributed by atoms with E-state index in [-0.39, 0.29) is 92.0 Å². The summed E-state index contributed by atoms with van der Waals surface area (Å²) in [7, 11) is 3.22. The number of ether oxygens (including phenoxy) is 3. The lowest BCUT2D eigenvalue weighted by atomic mass is 10.1. The lowest BCUT2D eigenvalue weighted by molar-refractivity contribution is -0.392. The van der Waals surface area contributed by atoms with Crippen molar-refractivity contribution < 1.29 is 101 Å². The number of hydrogen-bond acceptors (Lipinski definition) is 32. The summed E-state index contributed by atoms with van der Waals surface area (Å²) in [5, 5.41) is 40.5. The summed E-state index contributed by atoms with van der Waals surface area (Å²) >= 11 is 4.50. The first-order chi connectivity index (χ1) is 67.8. The average Bonchev–Trinajstić information content (AvgIpc) is 1.41. The minimum atomic E-state index is -1.22. The van der Waals surface area contributed by atoms with Crippen LogP contribution >= 0.6 is 12.2 Å². The Labute approximate surface area is 821 Å². The molecule has 14 rings (SSSR count). The number of carbonyl (C=O) groups is 5. The van der Waals surface area contributed by atoms with E-state index in [0.717, 1.165) is 62.1 Å². The molecule has 10 N–H and O–H groups in total. The molecule has 1 atom stereocenters. The van der Waals surface area contributed by atoms with Crippen molar-refractivity contribution in [2.75, 3.05) is 46.8 Å². The molecule has 144 heavy (non-hydrogen) atoms. The first-order valence-corrected chi connectivity index (χ1v) is 43.1. The summed E-state index contributed by atoms with van der Waals surface area (Å²) in [6.45, 7) is 22.8. The summed E-state index contributed by atoms with van der Waals surface area (Å²) in [4.78, 5) is 148. The third-order valence-corrected chi connectivity index (χ3v) is 19.2. The Morgan fingerprint density at radius 3 is 1.42 bits per heavy atom. The van der Waals surface area contributed by atoms with E-state index in [1.807, 2.05) is 33.0 Å². The highest BCUT2D eigenvalue weighted by molar-refractivity contribution is 7.78. The molecule has 1 unspecified atom stereocenters. The molecule has 1 saturated carbocycles. The van der Waals surface area contributed by atoms with Crippen LogP contribution in [0.25, 0.3) is 0 Å². The van der Waals surface area contributed by atoms with Gasteiger partial charge in [-0.2, -0.15) is 9.38 Å². The van der Waals surface area contributed by atoms with Crippen molar-refractivity contribution in [3.63, 3.8) is 0 Å². The largest absolute Gasteiger partial charge is 0.455 e. The number of aliphatic imine (C=N–C) groups is 1.